The Kier molecular flexibility index (Phi) is 3.07. The fourth-order valence-corrected chi connectivity index (χ4v) is 2.26. The molecule has 0 amide bonds. The molecule has 1 aliphatic heterocycles. The van der Waals surface area contributed by atoms with E-state index in [1.54, 1.807) is 6.20 Å². The van der Waals surface area contributed by atoms with Gasteiger partial charge in [0.05, 0.1) is 5.69 Å². The van der Waals surface area contributed by atoms with Crippen molar-refractivity contribution in [3.63, 3.8) is 0 Å². The molecular weight excluding hydrogens is 200 g/mol. The SMILES string of the molecule is CC1CN(c2cccnc2C#N)CC(C)N1. The molecular formula is C12H16N4. The highest BCUT2D eigenvalue weighted by atomic mass is 15.2. The van der Waals surface area contributed by atoms with Crippen molar-refractivity contribution in [1.82, 2.24) is 10.3 Å². The van der Waals surface area contributed by atoms with Gasteiger partial charge in [0.25, 0.3) is 0 Å². The number of pyridine rings is 1. The van der Waals surface area contributed by atoms with Crippen LogP contribution in [-0.4, -0.2) is 30.2 Å². The lowest BCUT2D eigenvalue weighted by molar-refractivity contribution is 0.406. The van der Waals surface area contributed by atoms with Gasteiger partial charge in [-0.05, 0) is 26.0 Å². The van der Waals surface area contributed by atoms with Crippen molar-refractivity contribution in [2.24, 2.45) is 0 Å². The first-order valence-corrected chi connectivity index (χ1v) is 5.57. The van der Waals surface area contributed by atoms with E-state index in [0.29, 0.717) is 17.8 Å². The second-order valence-electron chi connectivity index (χ2n) is 4.36. The molecule has 1 aromatic heterocycles. The zero-order chi connectivity index (χ0) is 11.5. The van der Waals surface area contributed by atoms with Gasteiger partial charge in [-0.2, -0.15) is 5.26 Å². The van der Waals surface area contributed by atoms with Gasteiger partial charge < -0.3 is 10.2 Å². The molecule has 2 unspecified atom stereocenters. The molecule has 0 bridgehead atoms. The molecule has 2 heterocycles. The predicted octanol–water partition coefficient (Wildman–Crippen LogP) is 1.14. The van der Waals surface area contributed by atoms with E-state index in [1.165, 1.54) is 0 Å². The zero-order valence-corrected chi connectivity index (χ0v) is 9.64. The quantitative estimate of drug-likeness (QED) is 0.765. The summed E-state index contributed by atoms with van der Waals surface area (Å²) < 4.78 is 0. The van der Waals surface area contributed by atoms with Gasteiger partial charge in [-0.15, -0.1) is 0 Å². The molecule has 1 aliphatic rings. The Morgan fingerprint density at radius 1 is 1.44 bits per heavy atom. The second-order valence-corrected chi connectivity index (χ2v) is 4.36. The molecule has 4 nitrogen and oxygen atoms in total. The minimum absolute atomic E-state index is 0.440. The Morgan fingerprint density at radius 2 is 2.12 bits per heavy atom. The van der Waals surface area contributed by atoms with Crippen LogP contribution in [0.3, 0.4) is 0 Å². The summed E-state index contributed by atoms with van der Waals surface area (Å²) in [7, 11) is 0. The molecule has 2 atom stereocenters. The molecule has 0 spiro atoms. The number of nitrogens with zero attached hydrogens (tertiary/aromatic N) is 3. The van der Waals surface area contributed by atoms with Crippen LogP contribution in [0.25, 0.3) is 0 Å². The molecule has 0 radical (unpaired) electrons. The lowest BCUT2D eigenvalue weighted by Crippen LogP contribution is -2.54. The molecule has 1 saturated heterocycles. The number of hydrogen-bond acceptors (Lipinski definition) is 4. The topological polar surface area (TPSA) is 52.0 Å². The first-order chi connectivity index (χ1) is 7.70. The fraction of sp³-hybridized carbons (Fsp3) is 0.500. The summed E-state index contributed by atoms with van der Waals surface area (Å²) in [5.74, 6) is 0. The highest BCUT2D eigenvalue weighted by Crippen LogP contribution is 2.20. The third-order valence-electron chi connectivity index (χ3n) is 2.79. The van der Waals surface area contributed by atoms with Gasteiger partial charge >= 0.3 is 0 Å². The molecule has 1 fully saturated rings. The minimum atomic E-state index is 0.440. The molecule has 4 heteroatoms. The van der Waals surface area contributed by atoms with Gasteiger partial charge in [-0.1, -0.05) is 0 Å². The van der Waals surface area contributed by atoms with Crippen LogP contribution in [0.15, 0.2) is 18.3 Å². The second kappa shape index (κ2) is 4.50. The molecule has 84 valence electrons. The summed E-state index contributed by atoms with van der Waals surface area (Å²) in [6.45, 7) is 6.16. The van der Waals surface area contributed by atoms with Crippen LogP contribution in [0.2, 0.25) is 0 Å². The molecule has 2 rings (SSSR count). The summed E-state index contributed by atoms with van der Waals surface area (Å²) in [6, 6.07) is 6.88. The highest BCUT2D eigenvalue weighted by Gasteiger charge is 2.22. The van der Waals surface area contributed by atoms with Crippen molar-refractivity contribution in [3.05, 3.63) is 24.0 Å². The first kappa shape index (κ1) is 10.9. The number of rotatable bonds is 1. The highest BCUT2D eigenvalue weighted by molar-refractivity contribution is 5.56. The maximum Gasteiger partial charge on any atom is 0.163 e. The molecule has 0 aromatic carbocycles. The lowest BCUT2D eigenvalue weighted by atomic mass is 10.1. The molecule has 1 aromatic rings. The zero-order valence-electron chi connectivity index (χ0n) is 9.64. The standard InChI is InChI=1S/C12H16N4/c1-9-7-16(8-10(2)15-9)12-4-3-5-14-11(12)6-13/h3-5,9-10,15H,7-8H2,1-2H3. The Bertz CT molecular complexity index is 400. The van der Waals surface area contributed by atoms with Gasteiger partial charge in [-0.3, -0.25) is 0 Å². The van der Waals surface area contributed by atoms with Crippen LogP contribution in [-0.2, 0) is 0 Å². The summed E-state index contributed by atoms with van der Waals surface area (Å²) in [5.41, 5.74) is 1.47. The van der Waals surface area contributed by atoms with Crippen molar-refractivity contribution in [1.29, 1.82) is 5.26 Å². The summed E-state index contributed by atoms with van der Waals surface area (Å²) in [5, 5.41) is 12.5. The van der Waals surface area contributed by atoms with Crippen molar-refractivity contribution < 1.29 is 0 Å². The van der Waals surface area contributed by atoms with Gasteiger partial charge in [0.2, 0.25) is 0 Å². The van der Waals surface area contributed by atoms with Crippen LogP contribution >= 0.6 is 0 Å². The minimum Gasteiger partial charge on any atom is -0.366 e. The number of nitriles is 1. The smallest absolute Gasteiger partial charge is 0.163 e. The van der Waals surface area contributed by atoms with Crippen LogP contribution in [0, 0.1) is 11.3 Å². The largest absolute Gasteiger partial charge is 0.366 e. The monoisotopic (exact) mass is 216 g/mol. The predicted molar refractivity (Wildman–Crippen MR) is 63.2 cm³/mol. The van der Waals surface area contributed by atoms with Gasteiger partial charge in [0.1, 0.15) is 6.07 Å². The van der Waals surface area contributed by atoms with Crippen LogP contribution in [0.1, 0.15) is 19.5 Å². The van der Waals surface area contributed by atoms with Crippen molar-refractivity contribution in [3.8, 4) is 6.07 Å². The van der Waals surface area contributed by atoms with Crippen LogP contribution in [0.4, 0.5) is 5.69 Å². The number of nitrogens with one attached hydrogen (secondary N) is 1. The van der Waals surface area contributed by atoms with E-state index in [-0.39, 0.29) is 0 Å². The lowest BCUT2D eigenvalue weighted by Gasteiger charge is -2.37. The van der Waals surface area contributed by atoms with Gasteiger partial charge in [0.15, 0.2) is 5.69 Å². The summed E-state index contributed by atoms with van der Waals surface area (Å²) >= 11 is 0. The number of hydrogen-bond donors (Lipinski definition) is 1. The Balaban J connectivity index is 2.26. The van der Waals surface area contributed by atoms with Crippen LogP contribution in [0.5, 0.6) is 0 Å². The van der Waals surface area contributed by atoms with Gasteiger partial charge in [-0.25, -0.2) is 4.98 Å². The Labute approximate surface area is 95.9 Å². The van der Waals surface area contributed by atoms with Crippen molar-refractivity contribution in [2.75, 3.05) is 18.0 Å². The Morgan fingerprint density at radius 3 is 2.75 bits per heavy atom. The van der Waals surface area contributed by atoms with E-state index in [0.717, 1.165) is 18.8 Å². The average molecular weight is 216 g/mol. The molecule has 16 heavy (non-hydrogen) atoms. The van der Waals surface area contributed by atoms with E-state index < -0.39 is 0 Å². The number of piperazine rings is 1. The fourth-order valence-electron chi connectivity index (χ4n) is 2.26. The first-order valence-electron chi connectivity index (χ1n) is 5.57. The van der Waals surface area contributed by atoms with E-state index >= 15 is 0 Å². The molecule has 0 aliphatic carbocycles. The summed E-state index contributed by atoms with van der Waals surface area (Å²) in [6.07, 6.45) is 1.66. The number of anilines is 1. The van der Waals surface area contributed by atoms with E-state index in [9.17, 15) is 0 Å². The Hall–Kier alpha value is -1.60. The van der Waals surface area contributed by atoms with Gasteiger partial charge in [0, 0.05) is 31.4 Å². The molecule has 1 N–H and O–H groups in total. The van der Waals surface area contributed by atoms with E-state index in [4.69, 9.17) is 5.26 Å². The molecule has 0 saturated carbocycles. The van der Waals surface area contributed by atoms with Crippen molar-refractivity contribution >= 4 is 5.69 Å². The third-order valence-corrected chi connectivity index (χ3v) is 2.79. The van der Waals surface area contributed by atoms with Crippen LogP contribution < -0.4 is 10.2 Å². The van der Waals surface area contributed by atoms with Crippen molar-refractivity contribution in [2.45, 2.75) is 25.9 Å². The van der Waals surface area contributed by atoms with E-state index in [1.807, 2.05) is 12.1 Å². The third kappa shape index (κ3) is 2.15. The van der Waals surface area contributed by atoms with E-state index in [2.05, 4.69) is 35.1 Å². The maximum absolute atomic E-state index is 9.03. The number of aromatic nitrogens is 1. The average Bonchev–Trinajstić information content (AvgIpc) is 2.27. The normalized spacial score (nSPS) is 25.2. The maximum atomic E-state index is 9.03. The summed E-state index contributed by atoms with van der Waals surface area (Å²) in [4.78, 5) is 6.33.